The Morgan fingerprint density at radius 1 is 1.40 bits per heavy atom. The zero-order valence-electron chi connectivity index (χ0n) is 12.1. The van der Waals surface area contributed by atoms with Crippen molar-refractivity contribution in [2.24, 2.45) is 0 Å². The van der Waals surface area contributed by atoms with E-state index in [9.17, 15) is 4.79 Å². The first-order valence-electron chi connectivity index (χ1n) is 6.94. The van der Waals surface area contributed by atoms with Gasteiger partial charge < -0.3 is 19.7 Å². The first-order chi connectivity index (χ1) is 9.72. The molecule has 1 aromatic carbocycles. The highest BCUT2D eigenvalue weighted by molar-refractivity contribution is 5.76. The average Bonchev–Trinajstić information content (AvgIpc) is 3.01. The van der Waals surface area contributed by atoms with Gasteiger partial charge in [-0.15, -0.1) is 0 Å². The summed E-state index contributed by atoms with van der Waals surface area (Å²) in [4.78, 5) is 13.9. The molecule has 110 valence electrons. The van der Waals surface area contributed by atoms with Gasteiger partial charge in [-0.05, 0) is 25.1 Å². The molecular weight excluding hydrogens is 256 g/mol. The number of nitrogens with one attached hydrogen (secondary N) is 1. The Bertz CT molecular complexity index is 444. The molecule has 0 radical (unpaired) electrons. The van der Waals surface area contributed by atoms with Gasteiger partial charge >= 0.3 is 0 Å². The number of nitrogens with zero attached hydrogens (tertiary/aromatic N) is 1. The molecule has 1 aromatic rings. The van der Waals surface area contributed by atoms with Crippen LogP contribution in [0.15, 0.2) is 24.3 Å². The minimum atomic E-state index is 0.119. The summed E-state index contributed by atoms with van der Waals surface area (Å²) in [6, 6.07) is 7.77. The molecule has 1 unspecified atom stereocenters. The van der Waals surface area contributed by atoms with E-state index in [1.54, 1.807) is 7.11 Å². The molecule has 1 heterocycles. The molecule has 0 spiro atoms. The third-order valence-corrected chi connectivity index (χ3v) is 3.62. The number of benzene rings is 1. The first kappa shape index (κ1) is 14.7. The standard InChI is InChI=1S/C15H22N2O3/c1-17(12-7-9-16-11-12)15(18)8-10-20-14-6-4-3-5-13(14)19-2/h3-6,12,16H,7-11H2,1-2H3. The second kappa shape index (κ2) is 7.14. The van der Waals surface area contributed by atoms with Crippen LogP contribution in [0.1, 0.15) is 12.8 Å². The van der Waals surface area contributed by atoms with Crippen molar-refractivity contribution in [3.63, 3.8) is 0 Å². The number of hydrogen-bond donors (Lipinski definition) is 1. The molecule has 1 atom stereocenters. The molecule has 2 rings (SSSR count). The van der Waals surface area contributed by atoms with Crippen molar-refractivity contribution < 1.29 is 14.3 Å². The maximum absolute atomic E-state index is 12.1. The highest BCUT2D eigenvalue weighted by Gasteiger charge is 2.22. The Morgan fingerprint density at radius 3 is 2.80 bits per heavy atom. The molecule has 20 heavy (non-hydrogen) atoms. The van der Waals surface area contributed by atoms with Crippen LogP contribution in [0.5, 0.6) is 11.5 Å². The second-order valence-corrected chi connectivity index (χ2v) is 4.90. The smallest absolute Gasteiger partial charge is 0.226 e. The summed E-state index contributed by atoms with van der Waals surface area (Å²) in [5, 5.41) is 3.26. The summed E-state index contributed by atoms with van der Waals surface area (Å²) in [6.45, 7) is 2.24. The predicted octanol–water partition coefficient (Wildman–Crippen LogP) is 1.28. The van der Waals surface area contributed by atoms with Crippen molar-refractivity contribution in [3.8, 4) is 11.5 Å². The monoisotopic (exact) mass is 278 g/mol. The molecule has 5 heteroatoms. The van der Waals surface area contributed by atoms with Gasteiger partial charge in [0.25, 0.3) is 0 Å². The lowest BCUT2D eigenvalue weighted by Crippen LogP contribution is -2.38. The molecule has 1 N–H and O–H groups in total. The normalized spacial score (nSPS) is 17.8. The van der Waals surface area contributed by atoms with Crippen molar-refractivity contribution in [1.82, 2.24) is 10.2 Å². The van der Waals surface area contributed by atoms with E-state index < -0.39 is 0 Å². The highest BCUT2D eigenvalue weighted by Crippen LogP contribution is 2.25. The van der Waals surface area contributed by atoms with Gasteiger partial charge in [0, 0.05) is 19.6 Å². The number of carbonyl (C=O) groups is 1. The van der Waals surface area contributed by atoms with Crippen molar-refractivity contribution in [3.05, 3.63) is 24.3 Å². The van der Waals surface area contributed by atoms with E-state index in [4.69, 9.17) is 9.47 Å². The van der Waals surface area contributed by atoms with E-state index in [0.29, 0.717) is 30.6 Å². The molecule has 0 bridgehead atoms. The van der Waals surface area contributed by atoms with Gasteiger partial charge in [-0.2, -0.15) is 0 Å². The van der Waals surface area contributed by atoms with Crippen LogP contribution in [0, 0.1) is 0 Å². The number of methoxy groups -OCH3 is 1. The second-order valence-electron chi connectivity index (χ2n) is 4.90. The van der Waals surface area contributed by atoms with Gasteiger partial charge in [-0.25, -0.2) is 0 Å². The highest BCUT2D eigenvalue weighted by atomic mass is 16.5. The van der Waals surface area contributed by atoms with Crippen LogP contribution in [0.2, 0.25) is 0 Å². The van der Waals surface area contributed by atoms with E-state index in [-0.39, 0.29) is 5.91 Å². The summed E-state index contributed by atoms with van der Waals surface area (Å²) in [5.74, 6) is 1.48. The number of para-hydroxylation sites is 2. The zero-order chi connectivity index (χ0) is 14.4. The van der Waals surface area contributed by atoms with E-state index in [1.165, 1.54) is 0 Å². The van der Waals surface area contributed by atoms with Gasteiger partial charge in [0.05, 0.1) is 20.1 Å². The van der Waals surface area contributed by atoms with Gasteiger partial charge in [-0.1, -0.05) is 12.1 Å². The molecule has 1 aliphatic rings. The molecular formula is C15H22N2O3. The minimum absolute atomic E-state index is 0.119. The Balaban J connectivity index is 1.78. The number of rotatable bonds is 6. The Labute approximate surface area is 119 Å². The fourth-order valence-corrected chi connectivity index (χ4v) is 2.34. The lowest BCUT2D eigenvalue weighted by Gasteiger charge is -2.23. The summed E-state index contributed by atoms with van der Waals surface area (Å²) < 4.78 is 10.8. The molecule has 0 aliphatic carbocycles. The summed E-state index contributed by atoms with van der Waals surface area (Å²) in [6.07, 6.45) is 1.40. The lowest BCUT2D eigenvalue weighted by molar-refractivity contribution is -0.132. The Kier molecular flexibility index (Phi) is 5.24. The van der Waals surface area contributed by atoms with E-state index in [0.717, 1.165) is 19.5 Å². The Morgan fingerprint density at radius 2 is 2.15 bits per heavy atom. The number of carbonyl (C=O) groups excluding carboxylic acids is 1. The molecule has 1 saturated heterocycles. The molecule has 0 saturated carbocycles. The van der Waals surface area contributed by atoms with Crippen LogP contribution in [0.3, 0.4) is 0 Å². The lowest BCUT2D eigenvalue weighted by atomic mass is 10.2. The molecule has 1 aliphatic heterocycles. The quantitative estimate of drug-likeness (QED) is 0.852. The minimum Gasteiger partial charge on any atom is -0.493 e. The van der Waals surface area contributed by atoms with E-state index in [1.807, 2.05) is 36.2 Å². The summed E-state index contributed by atoms with van der Waals surface area (Å²) in [7, 11) is 3.47. The number of amides is 1. The average molecular weight is 278 g/mol. The van der Waals surface area contributed by atoms with Gasteiger partial charge in [0.15, 0.2) is 11.5 Å². The van der Waals surface area contributed by atoms with E-state index >= 15 is 0 Å². The third-order valence-electron chi connectivity index (χ3n) is 3.62. The SMILES string of the molecule is COc1ccccc1OCCC(=O)N(C)C1CCNC1. The molecule has 5 nitrogen and oxygen atoms in total. The summed E-state index contributed by atoms with van der Waals surface area (Å²) >= 11 is 0. The van der Waals surface area contributed by atoms with Crippen LogP contribution in [0.25, 0.3) is 0 Å². The third kappa shape index (κ3) is 3.63. The van der Waals surface area contributed by atoms with Crippen molar-refractivity contribution in [1.29, 1.82) is 0 Å². The van der Waals surface area contributed by atoms with Crippen LogP contribution < -0.4 is 14.8 Å². The maximum atomic E-state index is 12.1. The fraction of sp³-hybridized carbons (Fsp3) is 0.533. The van der Waals surface area contributed by atoms with Crippen LogP contribution in [-0.2, 0) is 4.79 Å². The van der Waals surface area contributed by atoms with Gasteiger partial charge in [0.2, 0.25) is 5.91 Å². The van der Waals surface area contributed by atoms with E-state index in [2.05, 4.69) is 5.32 Å². The molecule has 1 amide bonds. The Hall–Kier alpha value is -1.75. The number of hydrogen-bond acceptors (Lipinski definition) is 4. The van der Waals surface area contributed by atoms with Crippen molar-refractivity contribution in [2.75, 3.05) is 33.9 Å². The van der Waals surface area contributed by atoms with Crippen LogP contribution in [-0.4, -0.2) is 50.7 Å². The largest absolute Gasteiger partial charge is 0.493 e. The fourth-order valence-electron chi connectivity index (χ4n) is 2.34. The topological polar surface area (TPSA) is 50.8 Å². The zero-order valence-corrected chi connectivity index (χ0v) is 12.1. The van der Waals surface area contributed by atoms with Gasteiger partial charge in [-0.3, -0.25) is 4.79 Å². The number of ether oxygens (including phenoxy) is 2. The summed E-state index contributed by atoms with van der Waals surface area (Å²) in [5.41, 5.74) is 0. The maximum Gasteiger partial charge on any atom is 0.226 e. The van der Waals surface area contributed by atoms with Crippen LogP contribution in [0.4, 0.5) is 0 Å². The molecule has 1 fully saturated rings. The van der Waals surface area contributed by atoms with Crippen molar-refractivity contribution >= 4 is 5.91 Å². The van der Waals surface area contributed by atoms with Crippen molar-refractivity contribution in [2.45, 2.75) is 18.9 Å². The van der Waals surface area contributed by atoms with Gasteiger partial charge in [0.1, 0.15) is 0 Å². The first-order valence-corrected chi connectivity index (χ1v) is 6.94. The number of likely N-dealkylation sites (N-methyl/N-ethyl adjacent to an activating group) is 1. The predicted molar refractivity (Wildman–Crippen MR) is 77.2 cm³/mol. The molecule has 0 aromatic heterocycles. The van der Waals surface area contributed by atoms with Crippen LogP contribution >= 0.6 is 0 Å².